The lowest BCUT2D eigenvalue weighted by molar-refractivity contribution is -0.384. The third kappa shape index (κ3) is 3.10. The molecule has 2 N–H and O–H groups in total. The van der Waals surface area contributed by atoms with Gasteiger partial charge < -0.3 is 10.6 Å². The molecule has 1 aliphatic heterocycles. The van der Waals surface area contributed by atoms with Gasteiger partial charge in [0.2, 0.25) is 5.91 Å². The van der Waals surface area contributed by atoms with Crippen LogP contribution >= 0.6 is 0 Å². The van der Waals surface area contributed by atoms with E-state index in [1.807, 2.05) is 6.07 Å². The number of nitrogens with one attached hydrogen (secondary N) is 2. The van der Waals surface area contributed by atoms with E-state index in [1.54, 1.807) is 0 Å². The molecule has 1 amide bonds. The first-order valence-electron chi connectivity index (χ1n) is 6.34. The van der Waals surface area contributed by atoms with Gasteiger partial charge in [0, 0.05) is 12.1 Å². The van der Waals surface area contributed by atoms with Gasteiger partial charge in [0.1, 0.15) is 6.07 Å². The molecule has 7 heteroatoms. The van der Waals surface area contributed by atoms with Crippen molar-refractivity contribution < 1.29 is 9.72 Å². The first-order chi connectivity index (χ1) is 9.61. The van der Waals surface area contributed by atoms with Crippen molar-refractivity contribution in [3.05, 3.63) is 33.9 Å². The van der Waals surface area contributed by atoms with Crippen LogP contribution < -0.4 is 10.6 Å². The van der Waals surface area contributed by atoms with Crippen molar-refractivity contribution in [3.63, 3.8) is 0 Å². The zero-order valence-corrected chi connectivity index (χ0v) is 10.8. The number of non-ortho nitro benzene ring substituents is 1. The minimum Gasteiger partial charge on any atom is -0.324 e. The highest BCUT2D eigenvalue weighted by molar-refractivity contribution is 5.96. The van der Waals surface area contributed by atoms with Crippen LogP contribution in [-0.4, -0.2) is 23.4 Å². The molecule has 1 fully saturated rings. The smallest absolute Gasteiger partial charge is 0.270 e. The Balaban J connectivity index is 2.14. The van der Waals surface area contributed by atoms with Crippen molar-refractivity contribution in [2.75, 3.05) is 11.9 Å². The van der Waals surface area contributed by atoms with Crippen LogP contribution in [-0.2, 0) is 4.79 Å². The summed E-state index contributed by atoms with van der Waals surface area (Å²) < 4.78 is 0. The van der Waals surface area contributed by atoms with E-state index in [1.165, 1.54) is 12.1 Å². The Morgan fingerprint density at radius 3 is 2.90 bits per heavy atom. The van der Waals surface area contributed by atoms with E-state index in [0.717, 1.165) is 31.9 Å². The maximum absolute atomic E-state index is 12.0. The fraction of sp³-hybridized carbons (Fsp3) is 0.385. The number of piperidine rings is 1. The lowest BCUT2D eigenvalue weighted by atomic mass is 10.0. The van der Waals surface area contributed by atoms with Crippen molar-refractivity contribution in [2.45, 2.75) is 25.3 Å². The summed E-state index contributed by atoms with van der Waals surface area (Å²) in [6.45, 7) is 0.795. The molecule has 0 radical (unpaired) electrons. The predicted molar refractivity (Wildman–Crippen MR) is 72.1 cm³/mol. The van der Waals surface area contributed by atoms with Gasteiger partial charge in [-0.3, -0.25) is 14.9 Å². The number of nitro groups is 1. The van der Waals surface area contributed by atoms with Crippen molar-refractivity contribution in [1.82, 2.24) is 5.32 Å². The second kappa shape index (κ2) is 6.12. The Bertz CT molecular complexity index is 573. The molecule has 7 nitrogen and oxygen atoms in total. The molecular formula is C13H14N4O3. The van der Waals surface area contributed by atoms with Gasteiger partial charge in [0.25, 0.3) is 5.69 Å². The summed E-state index contributed by atoms with van der Waals surface area (Å²) >= 11 is 0. The van der Waals surface area contributed by atoms with Crippen molar-refractivity contribution in [3.8, 4) is 6.07 Å². The van der Waals surface area contributed by atoms with Gasteiger partial charge in [0.15, 0.2) is 0 Å². The molecule has 1 heterocycles. The van der Waals surface area contributed by atoms with E-state index in [0.29, 0.717) is 5.69 Å². The molecule has 1 atom stereocenters. The van der Waals surface area contributed by atoms with Crippen LogP contribution in [0, 0.1) is 21.4 Å². The largest absolute Gasteiger partial charge is 0.324 e. The molecular weight excluding hydrogens is 260 g/mol. The van der Waals surface area contributed by atoms with Gasteiger partial charge >= 0.3 is 0 Å². The van der Waals surface area contributed by atoms with E-state index in [9.17, 15) is 14.9 Å². The van der Waals surface area contributed by atoms with Gasteiger partial charge in [-0.2, -0.15) is 5.26 Å². The van der Waals surface area contributed by atoms with Gasteiger partial charge in [-0.25, -0.2) is 0 Å². The van der Waals surface area contributed by atoms with Crippen LogP contribution in [0.3, 0.4) is 0 Å². The summed E-state index contributed by atoms with van der Waals surface area (Å²) in [6, 6.07) is 5.40. The maximum atomic E-state index is 12.0. The number of carbonyl (C=O) groups is 1. The zero-order valence-electron chi connectivity index (χ0n) is 10.8. The predicted octanol–water partition coefficient (Wildman–Crippen LogP) is 1.55. The number of amides is 1. The SMILES string of the molecule is N#Cc1cc([N+](=O)[O-])ccc1NC(=O)[C@@H]1CCCCN1. The first-order valence-corrected chi connectivity index (χ1v) is 6.34. The summed E-state index contributed by atoms with van der Waals surface area (Å²) in [6.07, 6.45) is 2.78. The topological polar surface area (TPSA) is 108 Å². The molecule has 1 aliphatic rings. The quantitative estimate of drug-likeness (QED) is 0.642. The van der Waals surface area contributed by atoms with E-state index < -0.39 is 4.92 Å². The maximum Gasteiger partial charge on any atom is 0.270 e. The Kier molecular flexibility index (Phi) is 4.27. The molecule has 0 saturated carbocycles. The third-order valence-electron chi connectivity index (χ3n) is 3.22. The molecule has 1 saturated heterocycles. The molecule has 0 bridgehead atoms. The number of nitro benzene ring substituents is 1. The summed E-state index contributed by atoms with van der Waals surface area (Å²) in [5.74, 6) is -0.213. The summed E-state index contributed by atoms with van der Waals surface area (Å²) in [5, 5.41) is 25.4. The summed E-state index contributed by atoms with van der Waals surface area (Å²) in [5.41, 5.74) is 0.217. The fourth-order valence-corrected chi connectivity index (χ4v) is 2.14. The minimum absolute atomic E-state index is 0.0864. The normalized spacial score (nSPS) is 18.1. The lowest BCUT2D eigenvalue weighted by Crippen LogP contribution is -2.43. The Hall–Kier alpha value is -2.46. The van der Waals surface area contributed by atoms with Crippen LogP contribution in [0.25, 0.3) is 0 Å². The average Bonchev–Trinajstić information content (AvgIpc) is 2.48. The standard InChI is InChI=1S/C13H14N4O3/c14-8-9-7-10(17(19)20)4-5-11(9)16-13(18)12-3-1-2-6-15-12/h4-5,7,12,15H,1-3,6H2,(H,16,18)/t12-/m0/s1. The summed E-state index contributed by atoms with van der Waals surface area (Å²) in [4.78, 5) is 22.1. The molecule has 0 unspecified atom stereocenters. The molecule has 2 rings (SSSR count). The van der Waals surface area contributed by atoms with Crippen molar-refractivity contribution in [2.24, 2.45) is 0 Å². The van der Waals surface area contributed by atoms with E-state index >= 15 is 0 Å². The van der Waals surface area contributed by atoms with Crippen LogP contribution in [0.1, 0.15) is 24.8 Å². The van der Waals surface area contributed by atoms with E-state index in [-0.39, 0.29) is 23.2 Å². The average molecular weight is 274 g/mol. The first kappa shape index (κ1) is 14.0. The fourth-order valence-electron chi connectivity index (χ4n) is 2.14. The second-order valence-electron chi connectivity index (χ2n) is 4.59. The number of rotatable bonds is 3. The lowest BCUT2D eigenvalue weighted by Gasteiger charge is -2.22. The molecule has 104 valence electrons. The molecule has 0 aromatic heterocycles. The van der Waals surface area contributed by atoms with Gasteiger partial charge in [-0.05, 0) is 25.5 Å². The molecule has 0 spiro atoms. The molecule has 1 aromatic rings. The monoisotopic (exact) mass is 274 g/mol. The molecule has 0 aliphatic carbocycles. The van der Waals surface area contributed by atoms with Gasteiger partial charge in [0.05, 0.1) is 22.2 Å². The second-order valence-corrected chi connectivity index (χ2v) is 4.59. The highest BCUT2D eigenvalue weighted by Crippen LogP contribution is 2.22. The van der Waals surface area contributed by atoms with Gasteiger partial charge in [-0.1, -0.05) is 6.42 Å². The van der Waals surface area contributed by atoms with Crippen LogP contribution in [0.15, 0.2) is 18.2 Å². The summed E-state index contributed by atoms with van der Waals surface area (Å²) in [7, 11) is 0. The van der Waals surface area contributed by atoms with Crippen LogP contribution in [0.5, 0.6) is 0 Å². The zero-order chi connectivity index (χ0) is 14.5. The minimum atomic E-state index is -0.574. The Morgan fingerprint density at radius 2 is 2.30 bits per heavy atom. The highest BCUT2D eigenvalue weighted by Gasteiger charge is 2.21. The number of benzene rings is 1. The third-order valence-corrected chi connectivity index (χ3v) is 3.22. The number of anilines is 1. The van der Waals surface area contributed by atoms with Gasteiger partial charge in [-0.15, -0.1) is 0 Å². The Labute approximate surface area is 115 Å². The van der Waals surface area contributed by atoms with Crippen LogP contribution in [0.4, 0.5) is 11.4 Å². The van der Waals surface area contributed by atoms with Crippen molar-refractivity contribution >= 4 is 17.3 Å². The van der Waals surface area contributed by atoms with Crippen molar-refractivity contribution in [1.29, 1.82) is 5.26 Å². The number of hydrogen-bond acceptors (Lipinski definition) is 5. The highest BCUT2D eigenvalue weighted by atomic mass is 16.6. The Morgan fingerprint density at radius 1 is 1.50 bits per heavy atom. The van der Waals surface area contributed by atoms with E-state index in [2.05, 4.69) is 10.6 Å². The number of hydrogen-bond donors (Lipinski definition) is 2. The number of nitriles is 1. The number of carbonyl (C=O) groups excluding carboxylic acids is 1. The van der Waals surface area contributed by atoms with E-state index in [4.69, 9.17) is 5.26 Å². The molecule has 1 aromatic carbocycles. The molecule has 20 heavy (non-hydrogen) atoms. The number of nitrogens with zero attached hydrogens (tertiary/aromatic N) is 2. The van der Waals surface area contributed by atoms with Crippen LogP contribution in [0.2, 0.25) is 0 Å².